The van der Waals surface area contributed by atoms with Gasteiger partial charge in [-0.15, -0.1) is 10.2 Å². The van der Waals surface area contributed by atoms with Crippen molar-refractivity contribution in [2.75, 3.05) is 18.4 Å². The number of carbonyl (C=O) groups is 1. The van der Waals surface area contributed by atoms with Gasteiger partial charge in [0, 0.05) is 20.0 Å². The molecular weight excluding hydrogens is 280 g/mol. The summed E-state index contributed by atoms with van der Waals surface area (Å²) in [6.45, 7) is 1.63. The minimum atomic E-state index is -3.72. The maximum Gasteiger partial charge on any atom is 0.272 e. The number of amides is 1. The predicted molar refractivity (Wildman–Crippen MR) is 63.6 cm³/mol. The average Bonchev–Trinajstić information content (AvgIpc) is 2.86. The summed E-state index contributed by atoms with van der Waals surface area (Å²) < 4.78 is 25.2. The molecule has 8 nitrogen and oxygen atoms in total. The molecule has 1 aromatic rings. The molecule has 0 unspecified atom stereocenters. The molecule has 0 saturated carbocycles. The van der Waals surface area contributed by atoms with Crippen LogP contribution in [0.3, 0.4) is 0 Å². The Morgan fingerprint density at radius 2 is 2.28 bits per heavy atom. The Labute approximate surface area is 108 Å². The van der Waals surface area contributed by atoms with Crippen molar-refractivity contribution in [3.63, 3.8) is 0 Å². The van der Waals surface area contributed by atoms with E-state index in [0.29, 0.717) is 6.42 Å². The second-order valence-corrected chi connectivity index (χ2v) is 6.95. The highest BCUT2D eigenvalue weighted by atomic mass is 32.2. The Balaban J connectivity index is 2.20. The van der Waals surface area contributed by atoms with Crippen LogP contribution in [0.25, 0.3) is 0 Å². The van der Waals surface area contributed by atoms with Gasteiger partial charge in [0.1, 0.15) is 0 Å². The number of β-amino-alcohol motifs (C(OH)–C–C–N with tert-alkyl or cyclic N) is 1. The van der Waals surface area contributed by atoms with Gasteiger partial charge < -0.3 is 10.4 Å². The normalized spacial score (nSPS) is 21.1. The number of aliphatic hydroxyl groups excluding tert-OH is 1. The van der Waals surface area contributed by atoms with Crippen LogP contribution in [-0.4, -0.2) is 53.1 Å². The number of hydrogen-bond acceptors (Lipinski definition) is 7. The number of nitrogens with zero attached hydrogens (tertiary/aromatic N) is 3. The van der Waals surface area contributed by atoms with Gasteiger partial charge in [-0.1, -0.05) is 11.3 Å². The van der Waals surface area contributed by atoms with E-state index in [1.54, 1.807) is 0 Å². The van der Waals surface area contributed by atoms with E-state index in [-0.39, 0.29) is 28.5 Å². The van der Waals surface area contributed by atoms with E-state index in [4.69, 9.17) is 0 Å². The molecule has 10 heteroatoms. The van der Waals surface area contributed by atoms with Gasteiger partial charge in [0.15, 0.2) is 0 Å². The fraction of sp³-hybridized carbons (Fsp3) is 0.625. The van der Waals surface area contributed by atoms with E-state index in [1.807, 2.05) is 0 Å². The minimum absolute atomic E-state index is 0.0668. The molecule has 0 aliphatic carbocycles. The van der Waals surface area contributed by atoms with Crippen LogP contribution in [0.5, 0.6) is 0 Å². The lowest BCUT2D eigenvalue weighted by atomic mass is 10.3. The molecule has 1 amide bonds. The molecule has 0 spiro atoms. The van der Waals surface area contributed by atoms with Crippen molar-refractivity contribution in [1.82, 2.24) is 14.5 Å². The quantitative estimate of drug-likeness (QED) is 0.709. The average molecular weight is 292 g/mol. The molecule has 2 heterocycles. The monoisotopic (exact) mass is 292 g/mol. The van der Waals surface area contributed by atoms with Gasteiger partial charge >= 0.3 is 0 Å². The fourth-order valence-corrected chi connectivity index (χ4v) is 4.13. The van der Waals surface area contributed by atoms with Crippen LogP contribution < -0.4 is 5.32 Å². The van der Waals surface area contributed by atoms with Gasteiger partial charge in [0.25, 0.3) is 10.0 Å². The first-order valence-corrected chi connectivity index (χ1v) is 7.44. The molecule has 100 valence electrons. The summed E-state index contributed by atoms with van der Waals surface area (Å²) >= 11 is 0.791. The molecule has 1 atom stereocenters. The van der Waals surface area contributed by atoms with Crippen molar-refractivity contribution < 1.29 is 18.3 Å². The van der Waals surface area contributed by atoms with Gasteiger partial charge in [-0.05, 0) is 6.42 Å². The van der Waals surface area contributed by atoms with Gasteiger partial charge in [0.05, 0.1) is 6.10 Å². The highest BCUT2D eigenvalue weighted by Gasteiger charge is 2.34. The Kier molecular flexibility index (Phi) is 3.61. The van der Waals surface area contributed by atoms with Crippen LogP contribution >= 0.6 is 11.3 Å². The Morgan fingerprint density at radius 1 is 1.56 bits per heavy atom. The summed E-state index contributed by atoms with van der Waals surface area (Å²) in [6, 6.07) is 0. The van der Waals surface area contributed by atoms with E-state index in [9.17, 15) is 18.3 Å². The third kappa shape index (κ3) is 2.66. The van der Waals surface area contributed by atoms with Crippen molar-refractivity contribution in [3.8, 4) is 0 Å². The van der Waals surface area contributed by atoms with Crippen LogP contribution in [0.4, 0.5) is 5.13 Å². The molecule has 1 aliphatic rings. The predicted octanol–water partition coefficient (Wildman–Crippen LogP) is -0.748. The molecule has 0 bridgehead atoms. The van der Waals surface area contributed by atoms with E-state index in [2.05, 4.69) is 15.5 Å². The van der Waals surface area contributed by atoms with Crippen LogP contribution in [0.15, 0.2) is 4.34 Å². The van der Waals surface area contributed by atoms with Crippen LogP contribution in [0.1, 0.15) is 13.3 Å². The maximum atomic E-state index is 12.1. The molecule has 18 heavy (non-hydrogen) atoms. The summed E-state index contributed by atoms with van der Waals surface area (Å²) in [5.74, 6) is -0.341. The number of carbonyl (C=O) groups excluding carboxylic acids is 1. The number of aliphatic hydroxyl groups is 1. The lowest BCUT2D eigenvalue weighted by Crippen LogP contribution is -2.29. The first-order valence-electron chi connectivity index (χ1n) is 5.19. The summed E-state index contributed by atoms with van der Waals surface area (Å²) in [5, 5.41) is 19.0. The lowest BCUT2D eigenvalue weighted by molar-refractivity contribution is -0.114. The van der Waals surface area contributed by atoms with Crippen LogP contribution in [-0.2, 0) is 14.8 Å². The topological polar surface area (TPSA) is 112 Å². The minimum Gasteiger partial charge on any atom is -0.392 e. The molecule has 0 aromatic carbocycles. The van der Waals surface area contributed by atoms with Crippen LogP contribution in [0.2, 0.25) is 0 Å². The largest absolute Gasteiger partial charge is 0.392 e. The van der Waals surface area contributed by atoms with E-state index in [0.717, 1.165) is 15.6 Å². The van der Waals surface area contributed by atoms with Gasteiger partial charge in [-0.2, -0.15) is 4.31 Å². The van der Waals surface area contributed by atoms with Crippen molar-refractivity contribution in [1.29, 1.82) is 0 Å². The van der Waals surface area contributed by atoms with E-state index < -0.39 is 16.1 Å². The third-order valence-electron chi connectivity index (χ3n) is 2.38. The second-order valence-electron chi connectivity index (χ2n) is 3.86. The molecule has 1 aliphatic heterocycles. The number of rotatable bonds is 3. The fourth-order valence-electron chi connectivity index (χ4n) is 1.55. The highest BCUT2D eigenvalue weighted by Crippen LogP contribution is 2.25. The van der Waals surface area contributed by atoms with E-state index in [1.165, 1.54) is 6.92 Å². The number of nitrogens with one attached hydrogen (secondary N) is 1. The van der Waals surface area contributed by atoms with Crippen molar-refractivity contribution in [2.45, 2.75) is 23.8 Å². The van der Waals surface area contributed by atoms with Crippen molar-refractivity contribution >= 4 is 32.4 Å². The SMILES string of the molecule is CC(=O)Nc1nnc(S(=O)(=O)N2CC[C@@H](O)C2)s1. The highest BCUT2D eigenvalue weighted by molar-refractivity contribution is 7.91. The molecule has 1 aromatic heterocycles. The van der Waals surface area contributed by atoms with Crippen molar-refractivity contribution in [2.24, 2.45) is 0 Å². The third-order valence-corrected chi connectivity index (χ3v) is 5.43. The standard InChI is InChI=1S/C8H12N4O4S2/c1-5(13)9-7-10-11-8(17-7)18(15,16)12-3-2-6(14)4-12/h6,14H,2-4H2,1H3,(H,9,10,13)/t6-/m1/s1. The summed E-state index contributed by atoms with van der Waals surface area (Å²) in [4.78, 5) is 10.8. The molecule has 1 fully saturated rings. The maximum absolute atomic E-state index is 12.1. The lowest BCUT2D eigenvalue weighted by Gasteiger charge is -2.12. The van der Waals surface area contributed by atoms with Gasteiger partial charge in [-0.25, -0.2) is 8.42 Å². The zero-order valence-electron chi connectivity index (χ0n) is 9.53. The summed E-state index contributed by atoms with van der Waals surface area (Å²) in [6.07, 6.45) is -0.223. The Morgan fingerprint density at radius 3 is 2.83 bits per heavy atom. The molecular formula is C8H12N4O4S2. The second kappa shape index (κ2) is 4.88. The van der Waals surface area contributed by atoms with E-state index >= 15 is 0 Å². The molecule has 0 radical (unpaired) electrons. The zero-order chi connectivity index (χ0) is 13.3. The first-order chi connectivity index (χ1) is 8.39. The number of aromatic nitrogens is 2. The Bertz CT molecular complexity index is 555. The molecule has 2 rings (SSSR count). The summed E-state index contributed by atoms with van der Waals surface area (Å²) in [5.41, 5.74) is 0. The Hall–Kier alpha value is -1.10. The molecule has 1 saturated heterocycles. The first kappa shape index (κ1) is 13.3. The smallest absolute Gasteiger partial charge is 0.272 e. The van der Waals surface area contributed by atoms with Gasteiger partial charge in [-0.3, -0.25) is 4.79 Å². The van der Waals surface area contributed by atoms with Gasteiger partial charge in [0.2, 0.25) is 15.4 Å². The summed E-state index contributed by atoms with van der Waals surface area (Å²) in [7, 11) is -3.72. The molecule has 2 N–H and O–H groups in total. The van der Waals surface area contributed by atoms with Crippen LogP contribution in [0, 0.1) is 0 Å². The number of anilines is 1. The zero-order valence-corrected chi connectivity index (χ0v) is 11.2. The van der Waals surface area contributed by atoms with Crippen molar-refractivity contribution in [3.05, 3.63) is 0 Å². The number of sulfonamides is 1. The number of hydrogen-bond donors (Lipinski definition) is 2.